The molecule has 9 nitrogen and oxygen atoms in total. The van der Waals surface area contributed by atoms with Crippen LogP contribution in [-0.2, 0) is 44.5 Å². The van der Waals surface area contributed by atoms with Crippen LogP contribution in [0.5, 0.6) is 0 Å². The van der Waals surface area contributed by atoms with Crippen molar-refractivity contribution < 1.29 is 43.3 Å². The van der Waals surface area contributed by atoms with Gasteiger partial charge in [-0.2, -0.15) is 19.6 Å². The van der Waals surface area contributed by atoms with Crippen molar-refractivity contribution in [3.05, 3.63) is 71.8 Å². The molecule has 3 saturated heterocycles. The maximum absolute atomic E-state index is 12.7. The van der Waals surface area contributed by atoms with Crippen LogP contribution in [0, 0.1) is 0 Å². The molecule has 3 heterocycles. The molecule has 4 aliphatic rings. The number of esters is 1. The van der Waals surface area contributed by atoms with Gasteiger partial charge in [-0.3, -0.25) is 4.74 Å². The highest BCUT2D eigenvalue weighted by Crippen LogP contribution is 2.57. The lowest BCUT2D eigenvalue weighted by molar-refractivity contribution is -0.474. The van der Waals surface area contributed by atoms with Gasteiger partial charge in [0.1, 0.15) is 6.61 Å². The minimum absolute atomic E-state index is 0.132. The number of carbonyl (C=O) groups is 1. The Kier molecular flexibility index (Phi) is 5.04. The first kappa shape index (κ1) is 21.2. The second kappa shape index (κ2) is 7.85. The van der Waals surface area contributed by atoms with Gasteiger partial charge < -0.3 is 14.2 Å². The third-order valence-electron chi connectivity index (χ3n) is 6.44. The number of ether oxygens (including phenoxy) is 4. The zero-order valence-corrected chi connectivity index (χ0v) is 17.9. The van der Waals surface area contributed by atoms with Crippen LogP contribution in [0.15, 0.2) is 60.7 Å². The predicted octanol–water partition coefficient (Wildman–Crippen LogP) is 3.69. The molecule has 1 unspecified atom stereocenters. The van der Waals surface area contributed by atoms with Gasteiger partial charge in [0.25, 0.3) is 5.79 Å². The predicted molar refractivity (Wildman–Crippen MR) is 109 cm³/mol. The molecule has 2 aromatic carbocycles. The Balaban J connectivity index is 1.31. The van der Waals surface area contributed by atoms with E-state index < -0.39 is 29.3 Å². The average molecular weight is 456 g/mol. The van der Waals surface area contributed by atoms with Crippen LogP contribution in [0.3, 0.4) is 0 Å². The largest absolute Gasteiger partial charge is 0.456 e. The molecule has 174 valence electrons. The molecular weight excluding hydrogens is 432 g/mol. The summed E-state index contributed by atoms with van der Waals surface area (Å²) < 4.78 is 24.2. The van der Waals surface area contributed by atoms with E-state index in [1.807, 2.05) is 24.3 Å². The summed E-state index contributed by atoms with van der Waals surface area (Å²) in [5.41, 5.74) is 0.957. The van der Waals surface area contributed by atoms with E-state index in [1.165, 1.54) is 0 Å². The van der Waals surface area contributed by atoms with Crippen molar-refractivity contribution >= 4 is 5.97 Å². The fourth-order valence-corrected chi connectivity index (χ4v) is 4.63. The molecule has 1 aliphatic carbocycles. The molecule has 0 radical (unpaired) electrons. The number of carbonyl (C=O) groups excluding carboxylic acids is 1. The van der Waals surface area contributed by atoms with Crippen LogP contribution in [0.2, 0.25) is 0 Å². The molecule has 0 aromatic heterocycles. The van der Waals surface area contributed by atoms with Crippen molar-refractivity contribution in [2.45, 2.75) is 55.4 Å². The number of rotatable bonds is 4. The fourth-order valence-electron chi connectivity index (χ4n) is 4.63. The van der Waals surface area contributed by atoms with E-state index in [-0.39, 0.29) is 13.2 Å². The minimum Gasteiger partial charge on any atom is -0.456 e. The normalized spacial score (nSPS) is 34.5. The van der Waals surface area contributed by atoms with Crippen LogP contribution in [0.1, 0.15) is 48.0 Å². The van der Waals surface area contributed by atoms with E-state index in [2.05, 4.69) is 0 Å². The lowest BCUT2D eigenvalue weighted by Gasteiger charge is -2.43. The van der Waals surface area contributed by atoms with Crippen molar-refractivity contribution in [1.82, 2.24) is 0 Å². The Morgan fingerprint density at radius 1 is 0.818 bits per heavy atom. The zero-order chi connectivity index (χ0) is 22.4. The van der Waals surface area contributed by atoms with Gasteiger partial charge in [0.15, 0.2) is 6.61 Å². The third-order valence-corrected chi connectivity index (χ3v) is 6.44. The molecule has 2 bridgehead atoms. The summed E-state index contributed by atoms with van der Waals surface area (Å²) in [7, 11) is 0. The average Bonchev–Trinajstić information content (AvgIpc) is 3.41. The highest BCUT2D eigenvalue weighted by atomic mass is 17.4. The SMILES string of the molecule is O=C(OC[C@@]12OO[C@@](c3ccccc3)(OCC13OOC1(CCCCC1)O3)O2)c1ccccc1. The molecular formula is C24H24O9. The molecule has 3 atom stereocenters. The van der Waals surface area contributed by atoms with E-state index in [0.29, 0.717) is 24.0 Å². The molecule has 3 aliphatic heterocycles. The van der Waals surface area contributed by atoms with Crippen LogP contribution in [0.25, 0.3) is 0 Å². The molecule has 2 aromatic rings. The van der Waals surface area contributed by atoms with Crippen LogP contribution < -0.4 is 0 Å². The summed E-state index contributed by atoms with van der Waals surface area (Å²) >= 11 is 0. The monoisotopic (exact) mass is 456 g/mol. The van der Waals surface area contributed by atoms with Crippen molar-refractivity contribution in [3.63, 3.8) is 0 Å². The molecule has 0 N–H and O–H groups in total. The van der Waals surface area contributed by atoms with E-state index in [4.69, 9.17) is 38.5 Å². The Morgan fingerprint density at radius 2 is 1.55 bits per heavy atom. The van der Waals surface area contributed by atoms with E-state index in [1.54, 1.807) is 36.4 Å². The standard InChI is InChI=1S/C24H24O9/c25-20(18-10-4-1-5-11-18)26-16-22-23(28-21(30-31-23)14-8-3-9-15-21)17-27-24(29-22,33-32-22)19-12-6-2-7-13-19/h1-2,4-7,10-13H,3,8-9,14-17H2/t22-,23?,24+/m1/s1. The quantitative estimate of drug-likeness (QED) is 0.505. The van der Waals surface area contributed by atoms with Crippen molar-refractivity contribution in [2.24, 2.45) is 0 Å². The van der Waals surface area contributed by atoms with Crippen LogP contribution in [-0.4, -0.2) is 36.5 Å². The van der Waals surface area contributed by atoms with Gasteiger partial charge in [-0.15, -0.1) is 0 Å². The van der Waals surface area contributed by atoms with Gasteiger partial charge in [-0.05, 0) is 25.0 Å². The highest BCUT2D eigenvalue weighted by molar-refractivity contribution is 5.89. The number of hydrogen-bond acceptors (Lipinski definition) is 9. The Bertz CT molecular complexity index is 1010. The number of fused-ring (bicyclic) bond motifs is 3. The zero-order valence-electron chi connectivity index (χ0n) is 17.9. The lowest BCUT2D eigenvalue weighted by atomic mass is 9.93. The molecule has 0 amide bonds. The Labute approximate surface area is 190 Å². The number of benzene rings is 2. The molecule has 9 heteroatoms. The van der Waals surface area contributed by atoms with Gasteiger partial charge in [-0.25, -0.2) is 4.79 Å². The maximum Gasteiger partial charge on any atom is 0.343 e. The molecule has 2 spiro atoms. The Morgan fingerprint density at radius 3 is 2.30 bits per heavy atom. The number of hydrogen-bond donors (Lipinski definition) is 0. The van der Waals surface area contributed by atoms with Gasteiger partial charge >= 0.3 is 17.7 Å². The van der Waals surface area contributed by atoms with E-state index >= 15 is 0 Å². The van der Waals surface area contributed by atoms with Gasteiger partial charge in [0.05, 0.1) is 5.56 Å². The van der Waals surface area contributed by atoms with Crippen molar-refractivity contribution in [1.29, 1.82) is 0 Å². The lowest BCUT2D eigenvalue weighted by Crippen LogP contribution is -2.66. The smallest absolute Gasteiger partial charge is 0.343 e. The van der Waals surface area contributed by atoms with E-state index in [9.17, 15) is 4.79 Å². The topological polar surface area (TPSA) is 90.9 Å². The van der Waals surface area contributed by atoms with Crippen LogP contribution >= 0.6 is 0 Å². The van der Waals surface area contributed by atoms with Gasteiger partial charge in [0.2, 0.25) is 5.79 Å². The summed E-state index contributed by atoms with van der Waals surface area (Å²) in [6.45, 7) is -0.509. The Hall–Kier alpha value is -2.37. The summed E-state index contributed by atoms with van der Waals surface area (Å²) in [5, 5.41) is 0. The van der Waals surface area contributed by atoms with Gasteiger partial charge in [-0.1, -0.05) is 55.0 Å². The first-order chi connectivity index (χ1) is 16.1. The summed E-state index contributed by atoms with van der Waals surface area (Å²) in [6.07, 6.45) is 4.26. The van der Waals surface area contributed by atoms with Crippen molar-refractivity contribution in [3.8, 4) is 0 Å². The maximum atomic E-state index is 12.7. The molecule has 33 heavy (non-hydrogen) atoms. The summed E-state index contributed by atoms with van der Waals surface area (Å²) in [5.74, 6) is -6.61. The summed E-state index contributed by atoms with van der Waals surface area (Å²) in [4.78, 5) is 35.5. The van der Waals surface area contributed by atoms with Crippen molar-refractivity contribution in [2.75, 3.05) is 13.2 Å². The second-order valence-corrected chi connectivity index (χ2v) is 8.67. The fraction of sp³-hybridized carbons (Fsp3) is 0.458. The first-order valence-electron chi connectivity index (χ1n) is 11.1. The second-order valence-electron chi connectivity index (χ2n) is 8.67. The van der Waals surface area contributed by atoms with Crippen LogP contribution in [0.4, 0.5) is 0 Å². The first-order valence-corrected chi connectivity index (χ1v) is 11.1. The molecule has 6 rings (SSSR count). The minimum atomic E-state index is -1.79. The third kappa shape index (κ3) is 3.39. The van der Waals surface area contributed by atoms with E-state index in [0.717, 1.165) is 19.3 Å². The van der Waals surface area contributed by atoms with Gasteiger partial charge in [0, 0.05) is 18.4 Å². The highest BCUT2D eigenvalue weighted by Gasteiger charge is 2.77. The molecule has 4 fully saturated rings. The molecule has 1 saturated carbocycles. The summed E-state index contributed by atoms with van der Waals surface area (Å²) in [6, 6.07) is 17.7.